The van der Waals surface area contributed by atoms with Crippen molar-refractivity contribution in [1.29, 1.82) is 0 Å². The Hall–Kier alpha value is -3.53. The molecular weight excluding hydrogens is 408 g/mol. The largest absolute Gasteiger partial charge is 0.290 e. The molecule has 2 N–H and O–H groups in total. The van der Waals surface area contributed by atoms with Crippen molar-refractivity contribution in [2.24, 2.45) is 0 Å². The summed E-state index contributed by atoms with van der Waals surface area (Å²) in [6, 6.07) is 10.7. The minimum Gasteiger partial charge on any atom is -0.267 e. The Morgan fingerprint density at radius 3 is 2.30 bits per heavy atom. The van der Waals surface area contributed by atoms with Gasteiger partial charge in [0.15, 0.2) is 15.5 Å². The standard InChI is InChI=1S/C20H20N4O5S/c1-4-24-20(27)15-8-6-5-7-14(15)17(23-24)19(26)22-21-18(25)16-11-13(30(3,28)29)10-9-12(16)2/h5-11H,4H2,1-3H3,(H,21,25)(H,22,26). The summed E-state index contributed by atoms with van der Waals surface area (Å²) >= 11 is 0. The minimum absolute atomic E-state index is 0.00717. The van der Waals surface area contributed by atoms with Crippen LogP contribution >= 0.6 is 0 Å². The highest BCUT2D eigenvalue weighted by Gasteiger charge is 2.18. The summed E-state index contributed by atoms with van der Waals surface area (Å²) in [6.45, 7) is 3.65. The van der Waals surface area contributed by atoms with Crippen LogP contribution in [0, 0.1) is 6.92 Å². The molecule has 2 amide bonds. The van der Waals surface area contributed by atoms with Crippen molar-refractivity contribution in [2.45, 2.75) is 25.3 Å². The molecule has 156 valence electrons. The molecule has 9 nitrogen and oxygen atoms in total. The van der Waals surface area contributed by atoms with E-state index < -0.39 is 21.7 Å². The van der Waals surface area contributed by atoms with Gasteiger partial charge < -0.3 is 0 Å². The van der Waals surface area contributed by atoms with E-state index in [-0.39, 0.29) is 28.3 Å². The van der Waals surface area contributed by atoms with E-state index in [9.17, 15) is 22.8 Å². The average molecular weight is 428 g/mol. The zero-order chi connectivity index (χ0) is 22.1. The summed E-state index contributed by atoms with van der Waals surface area (Å²) in [7, 11) is -3.50. The molecule has 2 aromatic carbocycles. The quantitative estimate of drug-likeness (QED) is 0.601. The topological polar surface area (TPSA) is 127 Å². The number of fused-ring (bicyclic) bond motifs is 1. The van der Waals surface area contributed by atoms with Crippen LogP contribution < -0.4 is 16.4 Å². The van der Waals surface area contributed by atoms with E-state index in [1.54, 1.807) is 38.1 Å². The first-order valence-corrected chi connectivity index (χ1v) is 10.9. The lowest BCUT2D eigenvalue weighted by Gasteiger charge is -2.12. The summed E-state index contributed by atoms with van der Waals surface area (Å²) in [5.74, 6) is -1.39. The predicted molar refractivity (Wildman–Crippen MR) is 111 cm³/mol. The van der Waals surface area contributed by atoms with E-state index in [0.29, 0.717) is 16.3 Å². The van der Waals surface area contributed by atoms with Crippen molar-refractivity contribution in [3.05, 3.63) is 69.6 Å². The maximum absolute atomic E-state index is 12.7. The van der Waals surface area contributed by atoms with Crippen LogP contribution in [0.3, 0.4) is 0 Å². The van der Waals surface area contributed by atoms with Crippen LogP contribution in [-0.4, -0.2) is 36.3 Å². The van der Waals surface area contributed by atoms with Gasteiger partial charge in [0.1, 0.15) is 0 Å². The van der Waals surface area contributed by atoms with E-state index in [2.05, 4.69) is 16.0 Å². The monoisotopic (exact) mass is 428 g/mol. The third-order valence-electron chi connectivity index (χ3n) is 4.55. The minimum atomic E-state index is -3.50. The molecular formula is C20H20N4O5S. The van der Waals surface area contributed by atoms with Crippen molar-refractivity contribution in [3.63, 3.8) is 0 Å². The molecule has 0 radical (unpaired) electrons. The van der Waals surface area contributed by atoms with Gasteiger partial charge in [-0.15, -0.1) is 0 Å². The van der Waals surface area contributed by atoms with Gasteiger partial charge in [-0.3, -0.25) is 25.2 Å². The summed E-state index contributed by atoms with van der Waals surface area (Å²) in [5.41, 5.74) is 4.86. The molecule has 0 atom stereocenters. The number of hydrazine groups is 1. The fourth-order valence-electron chi connectivity index (χ4n) is 2.93. The zero-order valence-electron chi connectivity index (χ0n) is 16.6. The number of rotatable bonds is 4. The second-order valence-electron chi connectivity index (χ2n) is 6.67. The smallest absolute Gasteiger partial charge is 0.267 e. The molecule has 30 heavy (non-hydrogen) atoms. The van der Waals surface area contributed by atoms with Crippen molar-refractivity contribution < 1.29 is 18.0 Å². The van der Waals surface area contributed by atoms with Crippen molar-refractivity contribution >= 4 is 32.4 Å². The van der Waals surface area contributed by atoms with E-state index in [1.807, 2.05) is 0 Å². The number of amides is 2. The highest BCUT2D eigenvalue weighted by Crippen LogP contribution is 2.16. The number of sulfone groups is 1. The van der Waals surface area contributed by atoms with Crippen molar-refractivity contribution in [2.75, 3.05) is 6.26 Å². The third kappa shape index (κ3) is 4.08. The Bertz CT molecular complexity index is 1330. The maximum atomic E-state index is 12.7. The van der Waals surface area contributed by atoms with Crippen LogP contribution in [0.1, 0.15) is 33.3 Å². The van der Waals surface area contributed by atoms with Crippen LogP contribution in [-0.2, 0) is 16.4 Å². The third-order valence-corrected chi connectivity index (χ3v) is 5.66. The highest BCUT2D eigenvalue weighted by molar-refractivity contribution is 7.90. The number of nitrogens with one attached hydrogen (secondary N) is 2. The summed E-state index contributed by atoms with van der Waals surface area (Å²) in [5, 5.41) is 4.79. The normalized spacial score (nSPS) is 11.3. The number of hydrogen-bond donors (Lipinski definition) is 2. The van der Waals surface area contributed by atoms with E-state index in [0.717, 1.165) is 6.26 Å². The lowest BCUT2D eigenvalue weighted by atomic mass is 10.1. The fraction of sp³-hybridized carbons (Fsp3) is 0.200. The van der Waals surface area contributed by atoms with Crippen molar-refractivity contribution in [3.8, 4) is 0 Å². The number of hydrogen-bond acceptors (Lipinski definition) is 6. The van der Waals surface area contributed by atoms with Gasteiger partial charge in [-0.25, -0.2) is 13.1 Å². The second kappa shape index (κ2) is 8.07. The number of nitrogens with zero attached hydrogens (tertiary/aromatic N) is 2. The molecule has 0 aliphatic rings. The lowest BCUT2D eigenvalue weighted by molar-refractivity contribution is 0.0843. The first-order valence-electron chi connectivity index (χ1n) is 9.04. The van der Waals surface area contributed by atoms with Gasteiger partial charge in [-0.05, 0) is 37.6 Å². The zero-order valence-corrected chi connectivity index (χ0v) is 17.4. The van der Waals surface area contributed by atoms with Crippen LogP contribution in [0.25, 0.3) is 10.8 Å². The Morgan fingerprint density at radius 2 is 1.67 bits per heavy atom. The second-order valence-corrected chi connectivity index (χ2v) is 8.69. The number of aromatic nitrogens is 2. The lowest BCUT2D eigenvalue weighted by Crippen LogP contribution is -2.43. The molecule has 0 saturated carbocycles. The van der Waals surface area contributed by atoms with E-state index >= 15 is 0 Å². The van der Waals surface area contributed by atoms with Gasteiger partial charge in [0.05, 0.1) is 10.3 Å². The molecule has 0 saturated heterocycles. The Morgan fingerprint density at radius 1 is 1.03 bits per heavy atom. The van der Waals surface area contributed by atoms with Gasteiger partial charge in [0, 0.05) is 23.8 Å². The molecule has 0 fully saturated rings. The van der Waals surface area contributed by atoms with Crippen LogP contribution in [0.2, 0.25) is 0 Å². The summed E-state index contributed by atoms with van der Waals surface area (Å²) < 4.78 is 24.7. The van der Waals surface area contributed by atoms with E-state index in [4.69, 9.17) is 0 Å². The molecule has 0 aliphatic heterocycles. The number of carbonyl (C=O) groups excluding carboxylic acids is 2. The SMILES string of the molecule is CCn1nc(C(=O)NNC(=O)c2cc(S(C)(=O)=O)ccc2C)c2ccccc2c1=O. The maximum Gasteiger partial charge on any atom is 0.290 e. The Kier molecular flexibility index (Phi) is 5.70. The van der Waals surface area contributed by atoms with Crippen LogP contribution in [0.4, 0.5) is 0 Å². The first kappa shape index (κ1) is 21.2. The molecule has 0 bridgehead atoms. The predicted octanol–water partition coefficient (Wildman–Crippen LogP) is 1.20. The molecule has 1 heterocycles. The molecule has 0 spiro atoms. The summed E-state index contributed by atoms with van der Waals surface area (Å²) in [4.78, 5) is 37.6. The molecule has 0 aliphatic carbocycles. The number of aryl methyl sites for hydroxylation is 2. The van der Waals surface area contributed by atoms with Crippen molar-refractivity contribution in [1.82, 2.24) is 20.6 Å². The molecule has 1 aromatic heterocycles. The van der Waals surface area contributed by atoms with Gasteiger partial charge >= 0.3 is 0 Å². The van der Waals surface area contributed by atoms with E-state index in [1.165, 1.54) is 22.9 Å². The Labute approximate surface area is 172 Å². The number of carbonyl (C=O) groups is 2. The molecule has 3 rings (SSSR count). The van der Waals surface area contributed by atoms with Crippen LogP contribution in [0.15, 0.2) is 52.2 Å². The fourth-order valence-corrected chi connectivity index (χ4v) is 3.58. The number of benzene rings is 2. The highest BCUT2D eigenvalue weighted by atomic mass is 32.2. The van der Waals surface area contributed by atoms with Gasteiger partial charge in [0.25, 0.3) is 17.4 Å². The first-order chi connectivity index (χ1) is 14.1. The molecule has 10 heteroatoms. The summed E-state index contributed by atoms with van der Waals surface area (Å²) in [6.07, 6.45) is 1.04. The molecule has 3 aromatic rings. The Balaban J connectivity index is 1.89. The average Bonchev–Trinajstić information content (AvgIpc) is 2.71. The molecule has 0 unspecified atom stereocenters. The van der Waals surface area contributed by atoms with Gasteiger partial charge in [0.2, 0.25) is 0 Å². The van der Waals surface area contributed by atoms with Gasteiger partial charge in [-0.2, -0.15) is 5.10 Å². The van der Waals surface area contributed by atoms with Gasteiger partial charge in [-0.1, -0.05) is 24.3 Å². The van der Waals surface area contributed by atoms with Crippen LogP contribution in [0.5, 0.6) is 0 Å².